The Hall–Kier alpha value is -2.90. The van der Waals surface area contributed by atoms with Gasteiger partial charge in [-0.15, -0.1) is 0 Å². The van der Waals surface area contributed by atoms with E-state index in [9.17, 15) is 4.79 Å². The molecule has 1 saturated heterocycles. The molecule has 3 aromatic heterocycles. The minimum absolute atomic E-state index is 0.377. The van der Waals surface area contributed by atoms with E-state index in [-0.39, 0.29) is 0 Å². The predicted octanol–water partition coefficient (Wildman–Crippen LogP) is 3.61. The number of hydrogen-bond acceptors (Lipinski definition) is 6. The predicted molar refractivity (Wildman–Crippen MR) is 119 cm³/mol. The highest BCUT2D eigenvalue weighted by Gasteiger charge is 2.16. The monoisotopic (exact) mass is 423 g/mol. The number of rotatable bonds is 2. The third kappa shape index (κ3) is 3.44. The van der Waals surface area contributed by atoms with Crippen LogP contribution in [-0.4, -0.2) is 52.5 Å². The second-order valence-corrected chi connectivity index (χ2v) is 8.21. The van der Waals surface area contributed by atoms with Crippen molar-refractivity contribution in [1.82, 2.24) is 19.3 Å². The summed E-state index contributed by atoms with van der Waals surface area (Å²) in [6, 6.07) is 7.90. The minimum atomic E-state index is -0.407. The van der Waals surface area contributed by atoms with Gasteiger partial charge in [-0.05, 0) is 45.1 Å². The van der Waals surface area contributed by atoms with Crippen molar-refractivity contribution in [2.75, 3.05) is 38.1 Å². The van der Waals surface area contributed by atoms with Crippen LogP contribution in [0.1, 0.15) is 12.1 Å². The van der Waals surface area contributed by atoms with E-state index < -0.39 is 5.63 Å². The topological polar surface area (TPSA) is 66.9 Å². The van der Waals surface area contributed by atoms with Gasteiger partial charge < -0.3 is 18.6 Å². The van der Waals surface area contributed by atoms with Crippen molar-refractivity contribution < 1.29 is 4.42 Å². The minimum Gasteiger partial charge on any atom is -0.422 e. The van der Waals surface area contributed by atoms with Crippen molar-refractivity contribution in [3.05, 3.63) is 57.9 Å². The maximum Gasteiger partial charge on any atom is 0.345 e. The fourth-order valence-corrected chi connectivity index (χ4v) is 4.26. The molecule has 7 nitrogen and oxygen atoms in total. The lowest BCUT2D eigenvalue weighted by atomic mass is 10.1. The van der Waals surface area contributed by atoms with Crippen molar-refractivity contribution >= 4 is 33.9 Å². The van der Waals surface area contributed by atoms with Gasteiger partial charge in [0.1, 0.15) is 10.7 Å². The summed E-state index contributed by atoms with van der Waals surface area (Å²) in [5, 5.41) is 1.24. The Balaban J connectivity index is 1.54. The van der Waals surface area contributed by atoms with Crippen molar-refractivity contribution in [1.29, 1.82) is 0 Å². The smallest absolute Gasteiger partial charge is 0.345 e. The zero-order valence-corrected chi connectivity index (χ0v) is 17.7. The molecule has 0 aliphatic carbocycles. The SMILES string of the molecule is Cc1nc(Cl)cn2cc(-c3cc4ccc(N5CCCN(C)CC5)cc4oc3=O)nc12. The van der Waals surface area contributed by atoms with Crippen LogP contribution in [0.3, 0.4) is 0 Å². The average molecular weight is 424 g/mol. The summed E-state index contributed by atoms with van der Waals surface area (Å²) in [5.74, 6) is 0. The van der Waals surface area contributed by atoms with Crippen LogP contribution in [0, 0.1) is 6.92 Å². The number of fused-ring (bicyclic) bond motifs is 2. The Labute approximate surface area is 178 Å². The Morgan fingerprint density at radius 1 is 1.07 bits per heavy atom. The van der Waals surface area contributed by atoms with Crippen LogP contribution in [0.15, 0.2) is 45.9 Å². The number of halogens is 1. The van der Waals surface area contributed by atoms with E-state index in [4.69, 9.17) is 16.0 Å². The van der Waals surface area contributed by atoms with E-state index in [1.165, 1.54) is 0 Å². The highest BCUT2D eigenvalue weighted by molar-refractivity contribution is 6.29. The summed E-state index contributed by atoms with van der Waals surface area (Å²) in [5.41, 5.74) is 3.59. The van der Waals surface area contributed by atoms with E-state index in [2.05, 4.69) is 32.9 Å². The largest absolute Gasteiger partial charge is 0.422 e. The molecule has 0 unspecified atom stereocenters. The van der Waals surface area contributed by atoms with Gasteiger partial charge in [-0.1, -0.05) is 11.6 Å². The third-order valence-electron chi connectivity index (χ3n) is 5.66. The molecule has 0 spiro atoms. The molecule has 0 bridgehead atoms. The summed E-state index contributed by atoms with van der Waals surface area (Å²) in [7, 11) is 2.15. The number of anilines is 1. The lowest BCUT2D eigenvalue weighted by Crippen LogP contribution is -2.28. The number of aromatic nitrogens is 3. The maximum atomic E-state index is 12.8. The standard InChI is InChI=1S/C22H22ClN5O2/c1-14-21-25-18(12-28(21)13-20(23)24-14)17-10-15-4-5-16(11-19(15)30-22(17)29)27-7-3-6-26(2)8-9-27/h4-5,10-13H,3,6-9H2,1-2H3. The molecule has 1 aliphatic heterocycles. The van der Waals surface area contributed by atoms with E-state index >= 15 is 0 Å². The van der Waals surface area contributed by atoms with Gasteiger partial charge in [0, 0.05) is 49.2 Å². The summed E-state index contributed by atoms with van der Waals surface area (Å²) < 4.78 is 7.48. The van der Waals surface area contributed by atoms with Crippen LogP contribution < -0.4 is 10.5 Å². The van der Waals surface area contributed by atoms with Crippen LogP contribution in [0.2, 0.25) is 5.15 Å². The Morgan fingerprint density at radius 2 is 1.93 bits per heavy atom. The van der Waals surface area contributed by atoms with Crippen LogP contribution in [0.25, 0.3) is 27.9 Å². The van der Waals surface area contributed by atoms with Gasteiger partial charge in [-0.25, -0.2) is 14.8 Å². The molecular weight excluding hydrogens is 402 g/mol. The van der Waals surface area contributed by atoms with Gasteiger partial charge in [0.15, 0.2) is 5.65 Å². The van der Waals surface area contributed by atoms with Gasteiger partial charge in [-0.2, -0.15) is 0 Å². The number of imidazole rings is 1. The molecule has 4 heterocycles. The van der Waals surface area contributed by atoms with E-state index in [0.29, 0.717) is 33.3 Å². The zero-order chi connectivity index (χ0) is 20.8. The summed E-state index contributed by atoms with van der Waals surface area (Å²) in [6.45, 7) is 5.91. The lowest BCUT2D eigenvalue weighted by molar-refractivity contribution is 0.360. The second kappa shape index (κ2) is 7.41. The first kappa shape index (κ1) is 19.1. The van der Waals surface area contributed by atoms with Crippen molar-refractivity contribution in [2.24, 2.45) is 0 Å². The molecule has 30 heavy (non-hydrogen) atoms. The molecule has 0 N–H and O–H groups in total. The third-order valence-corrected chi connectivity index (χ3v) is 5.84. The number of benzene rings is 1. The van der Waals surface area contributed by atoms with Crippen LogP contribution in [-0.2, 0) is 0 Å². The van der Waals surface area contributed by atoms with Crippen LogP contribution >= 0.6 is 11.6 Å². The van der Waals surface area contributed by atoms with Crippen molar-refractivity contribution in [2.45, 2.75) is 13.3 Å². The fourth-order valence-electron chi connectivity index (χ4n) is 4.02. The molecular formula is C22H22ClN5O2. The van der Waals surface area contributed by atoms with Crippen molar-refractivity contribution in [3.63, 3.8) is 0 Å². The lowest BCUT2D eigenvalue weighted by Gasteiger charge is -2.22. The van der Waals surface area contributed by atoms with Gasteiger partial charge in [-0.3, -0.25) is 0 Å². The van der Waals surface area contributed by atoms with E-state index in [0.717, 1.165) is 43.7 Å². The molecule has 0 atom stereocenters. The molecule has 0 saturated carbocycles. The van der Waals surface area contributed by atoms with Gasteiger partial charge in [0.25, 0.3) is 0 Å². The number of aryl methyl sites for hydroxylation is 1. The van der Waals surface area contributed by atoms with Gasteiger partial charge in [0.2, 0.25) is 0 Å². The Morgan fingerprint density at radius 3 is 2.80 bits per heavy atom. The Kier molecular flexibility index (Phi) is 4.72. The molecule has 5 rings (SSSR count). The molecule has 154 valence electrons. The highest BCUT2D eigenvalue weighted by Crippen LogP contribution is 2.26. The normalized spacial score (nSPS) is 15.8. The highest BCUT2D eigenvalue weighted by atomic mass is 35.5. The van der Waals surface area contributed by atoms with Crippen molar-refractivity contribution in [3.8, 4) is 11.3 Å². The molecule has 1 fully saturated rings. The van der Waals surface area contributed by atoms with Crippen LogP contribution in [0.4, 0.5) is 5.69 Å². The first-order valence-corrected chi connectivity index (χ1v) is 10.4. The summed E-state index contributed by atoms with van der Waals surface area (Å²) >= 11 is 6.04. The quantitative estimate of drug-likeness (QED) is 0.459. The second-order valence-electron chi connectivity index (χ2n) is 7.82. The first-order valence-electron chi connectivity index (χ1n) is 10.0. The number of nitrogens with zero attached hydrogens (tertiary/aromatic N) is 5. The van der Waals surface area contributed by atoms with Gasteiger partial charge in [0.05, 0.1) is 17.0 Å². The fraction of sp³-hybridized carbons (Fsp3) is 0.318. The summed E-state index contributed by atoms with van der Waals surface area (Å²) in [4.78, 5) is 26.2. The molecule has 1 aromatic carbocycles. The zero-order valence-electron chi connectivity index (χ0n) is 16.9. The molecule has 8 heteroatoms. The average Bonchev–Trinajstić information content (AvgIpc) is 3.01. The van der Waals surface area contributed by atoms with E-state index in [1.54, 1.807) is 16.8 Å². The first-order chi connectivity index (χ1) is 14.5. The molecule has 0 radical (unpaired) electrons. The maximum absolute atomic E-state index is 12.8. The molecule has 1 aliphatic rings. The summed E-state index contributed by atoms with van der Waals surface area (Å²) in [6.07, 6.45) is 4.56. The number of hydrogen-bond donors (Lipinski definition) is 0. The molecule has 0 amide bonds. The number of likely N-dealkylation sites (N-methyl/N-ethyl adjacent to an activating group) is 1. The molecule has 4 aromatic rings. The van der Waals surface area contributed by atoms with Gasteiger partial charge >= 0.3 is 5.63 Å². The Bertz CT molecular complexity index is 1310. The van der Waals surface area contributed by atoms with E-state index in [1.807, 2.05) is 25.1 Å². The van der Waals surface area contributed by atoms with Crippen LogP contribution in [0.5, 0.6) is 0 Å².